The zero-order chi connectivity index (χ0) is 9.68. The third kappa shape index (κ3) is 2.37. The Kier molecular flexibility index (Phi) is 3.14. The molecule has 0 aliphatic heterocycles. The molecule has 70 valence electrons. The van der Waals surface area contributed by atoms with Crippen LogP contribution in [0.1, 0.15) is 5.56 Å². The van der Waals surface area contributed by atoms with Crippen LogP contribution < -0.4 is 15.6 Å². The SMILES string of the molecule is COc1cc(C)ccc1NNC=O. The first-order valence-corrected chi connectivity index (χ1v) is 3.87. The molecular formula is C9H12N2O2. The first kappa shape index (κ1) is 9.38. The minimum absolute atomic E-state index is 0.569. The largest absolute Gasteiger partial charge is 0.495 e. The number of ether oxygens (including phenoxy) is 1. The Morgan fingerprint density at radius 1 is 1.46 bits per heavy atom. The smallest absolute Gasteiger partial charge is 0.225 e. The lowest BCUT2D eigenvalue weighted by Crippen LogP contribution is -2.19. The number of rotatable bonds is 4. The Morgan fingerprint density at radius 3 is 2.85 bits per heavy atom. The monoisotopic (exact) mass is 180 g/mol. The molecule has 1 aromatic rings. The summed E-state index contributed by atoms with van der Waals surface area (Å²) >= 11 is 0. The van der Waals surface area contributed by atoms with Crippen molar-refractivity contribution < 1.29 is 9.53 Å². The van der Waals surface area contributed by atoms with Crippen LogP contribution in [-0.4, -0.2) is 13.5 Å². The van der Waals surface area contributed by atoms with Gasteiger partial charge in [-0.15, -0.1) is 0 Å². The van der Waals surface area contributed by atoms with Crippen LogP contribution in [-0.2, 0) is 4.79 Å². The summed E-state index contributed by atoms with van der Waals surface area (Å²) in [7, 11) is 1.58. The second-order valence-electron chi connectivity index (χ2n) is 2.59. The van der Waals surface area contributed by atoms with Gasteiger partial charge in [0.15, 0.2) is 0 Å². The first-order chi connectivity index (χ1) is 6.27. The van der Waals surface area contributed by atoms with Gasteiger partial charge >= 0.3 is 0 Å². The van der Waals surface area contributed by atoms with E-state index >= 15 is 0 Å². The van der Waals surface area contributed by atoms with Gasteiger partial charge in [0.25, 0.3) is 0 Å². The maximum atomic E-state index is 10.0. The predicted molar refractivity (Wildman–Crippen MR) is 50.6 cm³/mol. The van der Waals surface area contributed by atoms with E-state index in [9.17, 15) is 4.79 Å². The molecule has 0 spiro atoms. The number of hydrogen-bond acceptors (Lipinski definition) is 3. The fraction of sp³-hybridized carbons (Fsp3) is 0.222. The zero-order valence-corrected chi connectivity index (χ0v) is 7.63. The predicted octanol–water partition coefficient (Wildman–Crippen LogP) is 1.08. The van der Waals surface area contributed by atoms with Crippen molar-refractivity contribution in [2.75, 3.05) is 12.5 Å². The molecule has 0 saturated carbocycles. The molecule has 0 atom stereocenters. The van der Waals surface area contributed by atoms with Crippen molar-refractivity contribution in [2.45, 2.75) is 6.92 Å². The Labute approximate surface area is 76.9 Å². The number of benzene rings is 1. The number of anilines is 1. The third-order valence-electron chi connectivity index (χ3n) is 1.62. The summed E-state index contributed by atoms with van der Waals surface area (Å²) < 4.78 is 5.10. The van der Waals surface area contributed by atoms with Gasteiger partial charge in [0.05, 0.1) is 12.8 Å². The van der Waals surface area contributed by atoms with E-state index in [1.165, 1.54) is 0 Å². The third-order valence-corrected chi connectivity index (χ3v) is 1.62. The average Bonchev–Trinajstić information content (AvgIpc) is 2.16. The molecule has 1 amide bonds. The van der Waals surface area contributed by atoms with Crippen LogP contribution >= 0.6 is 0 Å². The lowest BCUT2D eigenvalue weighted by atomic mass is 10.2. The van der Waals surface area contributed by atoms with Gasteiger partial charge in [-0.1, -0.05) is 6.07 Å². The van der Waals surface area contributed by atoms with Crippen LogP contribution in [0, 0.1) is 6.92 Å². The highest BCUT2D eigenvalue weighted by atomic mass is 16.5. The molecule has 0 bridgehead atoms. The van der Waals surface area contributed by atoms with Gasteiger partial charge < -0.3 is 4.74 Å². The number of carbonyl (C=O) groups excluding carboxylic acids is 1. The Hall–Kier alpha value is -1.71. The molecule has 4 heteroatoms. The summed E-state index contributed by atoms with van der Waals surface area (Å²) in [6.45, 7) is 1.97. The average molecular weight is 180 g/mol. The van der Waals surface area contributed by atoms with E-state index in [2.05, 4.69) is 10.9 Å². The van der Waals surface area contributed by atoms with Gasteiger partial charge in [0.2, 0.25) is 6.41 Å². The van der Waals surface area contributed by atoms with Crippen molar-refractivity contribution in [1.29, 1.82) is 0 Å². The quantitative estimate of drug-likeness (QED) is 0.538. The van der Waals surface area contributed by atoms with E-state index in [0.29, 0.717) is 12.2 Å². The van der Waals surface area contributed by atoms with Crippen molar-refractivity contribution >= 4 is 12.1 Å². The van der Waals surface area contributed by atoms with E-state index in [1.807, 2.05) is 25.1 Å². The van der Waals surface area contributed by atoms with Crippen LogP contribution in [0.15, 0.2) is 18.2 Å². The summed E-state index contributed by atoms with van der Waals surface area (Å²) in [5.41, 5.74) is 6.89. The molecule has 0 heterocycles. The van der Waals surface area contributed by atoms with Crippen molar-refractivity contribution in [1.82, 2.24) is 5.43 Å². The van der Waals surface area contributed by atoms with Gasteiger partial charge in [-0.05, 0) is 24.6 Å². The molecule has 4 nitrogen and oxygen atoms in total. The maximum absolute atomic E-state index is 10.0. The molecule has 1 rings (SSSR count). The van der Waals surface area contributed by atoms with Crippen LogP contribution in [0.4, 0.5) is 5.69 Å². The molecule has 1 aromatic carbocycles. The van der Waals surface area contributed by atoms with E-state index in [4.69, 9.17) is 4.74 Å². The molecule has 0 aromatic heterocycles. The summed E-state index contributed by atoms with van der Waals surface area (Å²) in [5.74, 6) is 0.703. The number of nitrogens with one attached hydrogen (secondary N) is 2. The number of amides is 1. The second-order valence-corrected chi connectivity index (χ2v) is 2.59. The van der Waals surface area contributed by atoms with Gasteiger partial charge in [0, 0.05) is 0 Å². The minimum Gasteiger partial charge on any atom is -0.495 e. The summed E-state index contributed by atoms with van der Waals surface area (Å²) in [6, 6.07) is 5.65. The summed E-state index contributed by atoms with van der Waals surface area (Å²) in [4.78, 5) is 10.0. The standard InChI is InChI=1S/C9H12N2O2/c1-7-3-4-8(11-10-6-12)9(5-7)13-2/h3-6,11H,1-2H3,(H,10,12). The number of methoxy groups -OCH3 is 1. The minimum atomic E-state index is 0.569. The highest BCUT2D eigenvalue weighted by Crippen LogP contribution is 2.24. The number of hydrazine groups is 1. The van der Waals surface area contributed by atoms with E-state index < -0.39 is 0 Å². The zero-order valence-electron chi connectivity index (χ0n) is 7.63. The van der Waals surface area contributed by atoms with Crippen LogP contribution in [0.3, 0.4) is 0 Å². The first-order valence-electron chi connectivity index (χ1n) is 3.87. The van der Waals surface area contributed by atoms with Crippen LogP contribution in [0.25, 0.3) is 0 Å². The van der Waals surface area contributed by atoms with Gasteiger partial charge in [-0.3, -0.25) is 15.6 Å². The summed E-state index contributed by atoms with van der Waals surface area (Å²) in [5, 5.41) is 0. The van der Waals surface area contributed by atoms with Gasteiger partial charge in [-0.25, -0.2) is 0 Å². The molecule has 0 radical (unpaired) electrons. The molecule has 2 N–H and O–H groups in total. The highest BCUT2D eigenvalue weighted by Gasteiger charge is 2.00. The normalized spacial score (nSPS) is 9.08. The molecule has 13 heavy (non-hydrogen) atoms. The Morgan fingerprint density at radius 2 is 2.23 bits per heavy atom. The van der Waals surface area contributed by atoms with Crippen molar-refractivity contribution in [2.24, 2.45) is 0 Å². The maximum Gasteiger partial charge on any atom is 0.225 e. The second kappa shape index (κ2) is 4.35. The van der Waals surface area contributed by atoms with Crippen molar-refractivity contribution in [3.05, 3.63) is 23.8 Å². The molecule has 0 aliphatic carbocycles. The lowest BCUT2D eigenvalue weighted by Gasteiger charge is -2.09. The topological polar surface area (TPSA) is 50.4 Å². The van der Waals surface area contributed by atoms with Crippen LogP contribution in [0.5, 0.6) is 5.75 Å². The molecule has 0 aliphatic rings. The molecular weight excluding hydrogens is 168 g/mol. The fourth-order valence-electron chi connectivity index (χ4n) is 1.01. The number of hydrogen-bond donors (Lipinski definition) is 2. The van der Waals surface area contributed by atoms with E-state index in [-0.39, 0.29) is 0 Å². The van der Waals surface area contributed by atoms with Gasteiger partial charge in [-0.2, -0.15) is 0 Å². The Bertz CT molecular complexity index is 300. The van der Waals surface area contributed by atoms with Crippen molar-refractivity contribution in [3.63, 3.8) is 0 Å². The Balaban J connectivity index is 2.85. The highest BCUT2D eigenvalue weighted by molar-refractivity contribution is 5.60. The fourth-order valence-corrected chi connectivity index (χ4v) is 1.01. The van der Waals surface area contributed by atoms with Gasteiger partial charge in [0.1, 0.15) is 5.75 Å². The number of carbonyl (C=O) groups is 1. The van der Waals surface area contributed by atoms with Crippen molar-refractivity contribution in [3.8, 4) is 5.75 Å². The molecule has 0 fully saturated rings. The lowest BCUT2D eigenvalue weighted by molar-refractivity contribution is -0.109. The number of aryl methyl sites for hydroxylation is 1. The summed E-state index contributed by atoms with van der Waals surface area (Å²) in [6.07, 6.45) is 0.569. The molecule has 0 unspecified atom stereocenters. The van der Waals surface area contributed by atoms with E-state index in [0.717, 1.165) is 11.3 Å². The van der Waals surface area contributed by atoms with E-state index in [1.54, 1.807) is 7.11 Å². The molecule has 0 saturated heterocycles. The van der Waals surface area contributed by atoms with Crippen LogP contribution in [0.2, 0.25) is 0 Å².